The van der Waals surface area contributed by atoms with E-state index in [4.69, 9.17) is 46.4 Å². The summed E-state index contributed by atoms with van der Waals surface area (Å²) >= 11 is 25.4. The summed E-state index contributed by atoms with van der Waals surface area (Å²) in [6, 6.07) is 7.03. The third-order valence-corrected chi connectivity index (χ3v) is 8.38. The first-order valence-corrected chi connectivity index (χ1v) is 11.9. The second kappa shape index (κ2) is 7.13. The third-order valence-electron chi connectivity index (χ3n) is 7.33. The minimum Gasteiger partial charge on any atom is -0.508 e. The van der Waals surface area contributed by atoms with E-state index in [2.05, 4.69) is 5.32 Å². The molecule has 172 valence electrons. The minimum absolute atomic E-state index is 0.143. The molecule has 3 fully saturated rings. The van der Waals surface area contributed by atoms with Crippen molar-refractivity contribution < 1.29 is 19.8 Å². The molecule has 3 N–H and O–H groups in total. The fraction of sp³-hybridized carbons (Fsp3) is 0.364. The van der Waals surface area contributed by atoms with Crippen molar-refractivity contribution in [1.82, 2.24) is 4.90 Å². The summed E-state index contributed by atoms with van der Waals surface area (Å²) in [4.78, 5) is 30.8. The first kappa shape index (κ1) is 21.8. The molecule has 0 aromatic heterocycles. The molecule has 2 amide bonds. The predicted molar refractivity (Wildman–Crippen MR) is 125 cm³/mol. The Morgan fingerprint density at radius 1 is 1.06 bits per heavy atom. The molecule has 33 heavy (non-hydrogen) atoms. The van der Waals surface area contributed by atoms with Crippen LogP contribution in [0.1, 0.15) is 12.0 Å². The van der Waals surface area contributed by atoms with Crippen molar-refractivity contribution in [2.24, 2.45) is 11.8 Å². The van der Waals surface area contributed by atoms with Gasteiger partial charge in [0.15, 0.2) is 0 Å². The number of carbonyl (C=O) groups is 2. The lowest BCUT2D eigenvalue weighted by atomic mass is 9.75. The van der Waals surface area contributed by atoms with Gasteiger partial charge in [0.1, 0.15) is 17.5 Å². The standard InChI is InChI=1S/C22H17Cl4N3O4/c23-8-1-11(6-12(30)2-8)29-19(31)16-15-5-10(25)7-28(15)22(17(16)20(29)32)13-3-9(24)4-14(26)18(13)27-21(22)33/h1-4,6,10,15-17,19,30-31H,5,7H2,(H,27,33)/t10-,15?,16?,17?,19?,22?/m0/s1. The number of amides is 2. The lowest BCUT2D eigenvalue weighted by molar-refractivity contribution is -0.135. The molecular weight excluding hydrogens is 512 g/mol. The molecule has 0 aliphatic carbocycles. The fourth-order valence-electron chi connectivity index (χ4n) is 6.33. The van der Waals surface area contributed by atoms with Crippen LogP contribution in [0.25, 0.3) is 0 Å². The normalized spacial score (nSPS) is 34.7. The molecule has 0 bridgehead atoms. The first-order valence-electron chi connectivity index (χ1n) is 10.4. The summed E-state index contributed by atoms with van der Waals surface area (Å²) in [6.45, 7) is 0.369. The number of aliphatic hydroxyl groups is 1. The van der Waals surface area contributed by atoms with Crippen molar-refractivity contribution in [2.45, 2.75) is 29.6 Å². The van der Waals surface area contributed by atoms with Gasteiger partial charge in [0, 0.05) is 45.6 Å². The number of alkyl halides is 1. The number of rotatable bonds is 1. The van der Waals surface area contributed by atoms with E-state index in [0.29, 0.717) is 29.2 Å². The van der Waals surface area contributed by atoms with Crippen molar-refractivity contribution >= 4 is 69.6 Å². The van der Waals surface area contributed by atoms with E-state index >= 15 is 0 Å². The zero-order valence-electron chi connectivity index (χ0n) is 16.8. The highest BCUT2D eigenvalue weighted by Gasteiger charge is 2.75. The van der Waals surface area contributed by atoms with Crippen LogP contribution >= 0.6 is 46.4 Å². The fourth-order valence-corrected chi connectivity index (χ4v) is 7.43. The number of hydrogen-bond acceptors (Lipinski definition) is 5. The van der Waals surface area contributed by atoms with Gasteiger partial charge in [0.2, 0.25) is 5.91 Å². The number of phenols is 1. The molecule has 1 spiro atoms. The van der Waals surface area contributed by atoms with Crippen LogP contribution < -0.4 is 10.2 Å². The number of carbonyl (C=O) groups excluding carboxylic acids is 2. The molecule has 11 heteroatoms. The maximum Gasteiger partial charge on any atom is 0.250 e. The Hall–Kier alpha value is -1.74. The number of phenolic OH excluding ortho intramolecular Hbond substituents is 1. The van der Waals surface area contributed by atoms with Crippen LogP contribution in [0, 0.1) is 11.8 Å². The highest BCUT2D eigenvalue weighted by atomic mass is 35.5. The summed E-state index contributed by atoms with van der Waals surface area (Å²) in [6.07, 6.45) is -0.749. The average Bonchev–Trinajstić information content (AvgIpc) is 3.37. The maximum atomic E-state index is 14.0. The number of nitrogens with one attached hydrogen (secondary N) is 1. The van der Waals surface area contributed by atoms with Gasteiger partial charge in [-0.15, -0.1) is 11.6 Å². The summed E-state index contributed by atoms with van der Waals surface area (Å²) in [5.41, 5.74) is -0.262. The van der Waals surface area contributed by atoms with Gasteiger partial charge in [-0.1, -0.05) is 34.8 Å². The van der Waals surface area contributed by atoms with E-state index < -0.39 is 35.4 Å². The van der Waals surface area contributed by atoms with Crippen LogP contribution in [-0.4, -0.2) is 51.1 Å². The zero-order valence-corrected chi connectivity index (χ0v) is 19.8. The number of aliphatic hydroxyl groups excluding tert-OH is 1. The van der Waals surface area contributed by atoms with Crippen molar-refractivity contribution in [3.05, 3.63) is 51.0 Å². The SMILES string of the molecule is O=C1C2C(C(O)N1c1cc(O)cc(Cl)c1)C1C[C@H](Cl)CN1C21C(=O)Nc2c(Cl)cc(Cl)cc21. The molecule has 0 radical (unpaired) electrons. The zero-order chi connectivity index (χ0) is 23.4. The van der Waals surface area contributed by atoms with Gasteiger partial charge in [0.25, 0.3) is 5.91 Å². The molecule has 3 saturated heterocycles. The topological polar surface area (TPSA) is 93.1 Å². The van der Waals surface area contributed by atoms with Crippen molar-refractivity contribution in [2.75, 3.05) is 16.8 Å². The Morgan fingerprint density at radius 3 is 2.52 bits per heavy atom. The highest BCUT2D eigenvalue weighted by Crippen LogP contribution is 2.63. The van der Waals surface area contributed by atoms with Crippen molar-refractivity contribution in [1.29, 1.82) is 0 Å². The van der Waals surface area contributed by atoms with E-state index in [0.717, 1.165) is 0 Å². The number of anilines is 2. The molecule has 2 aromatic rings. The van der Waals surface area contributed by atoms with Gasteiger partial charge in [-0.2, -0.15) is 0 Å². The molecule has 4 aliphatic heterocycles. The van der Waals surface area contributed by atoms with Crippen LogP contribution in [0.2, 0.25) is 15.1 Å². The number of benzene rings is 2. The number of nitrogens with zero attached hydrogens (tertiary/aromatic N) is 2. The smallest absolute Gasteiger partial charge is 0.250 e. The van der Waals surface area contributed by atoms with Gasteiger partial charge in [-0.25, -0.2) is 0 Å². The van der Waals surface area contributed by atoms with E-state index in [9.17, 15) is 19.8 Å². The van der Waals surface area contributed by atoms with Crippen LogP contribution in [0.15, 0.2) is 30.3 Å². The molecule has 6 rings (SSSR count). The second-order valence-electron chi connectivity index (χ2n) is 8.93. The van der Waals surface area contributed by atoms with Gasteiger partial charge in [-0.05, 0) is 30.7 Å². The Balaban J connectivity index is 1.58. The van der Waals surface area contributed by atoms with E-state index in [1.807, 2.05) is 4.90 Å². The van der Waals surface area contributed by atoms with Gasteiger partial charge >= 0.3 is 0 Å². The largest absolute Gasteiger partial charge is 0.508 e. The molecule has 7 nitrogen and oxygen atoms in total. The number of fused-ring (bicyclic) bond motifs is 7. The summed E-state index contributed by atoms with van der Waals surface area (Å²) in [5, 5.41) is 24.8. The average molecular weight is 529 g/mol. The second-order valence-corrected chi connectivity index (χ2v) is 10.8. The summed E-state index contributed by atoms with van der Waals surface area (Å²) in [7, 11) is 0. The third kappa shape index (κ3) is 2.72. The first-order chi connectivity index (χ1) is 15.6. The summed E-state index contributed by atoms with van der Waals surface area (Å²) in [5.74, 6) is -2.53. The van der Waals surface area contributed by atoms with Crippen LogP contribution in [-0.2, 0) is 15.1 Å². The Morgan fingerprint density at radius 2 is 1.79 bits per heavy atom. The number of hydrogen-bond donors (Lipinski definition) is 3. The molecule has 5 unspecified atom stereocenters. The maximum absolute atomic E-state index is 14.0. The highest BCUT2D eigenvalue weighted by molar-refractivity contribution is 6.38. The molecule has 2 aromatic carbocycles. The molecule has 6 atom stereocenters. The Labute approximate surface area is 208 Å². The lowest BCUT2D eigenvalue weighted by Crippen LogP contribution is -2.54. The number of halogens is 4. The Kier molecular flexibility index (Phi) is 4.71. The number of aromatic hydroxyl groups is 1. The lowest BCUT2D eigenvalue weighted by Gasteiger charge is -2.37. The predicted octanol–water partition coefficient (Wildman–Crippen LogP) is 3.79. The molecule has 0 saturated carbocycles. The minimum atomic E-state index is -1.42. The van der Waals surface area contributed by atoms with Crippen LogP contribution in [0.5, 0.6) is 5.75 Å². The van der Waals surface area contributed by atoms with Crippen molar-refractivity contribution in [3.8, 4) is 5.75 Å². The van der Waals surface area contributed by atoms with E-state index in [-0.39, 0.29) is 32.9 Å². The van der Waals surface area contributed by atoms with Gasteiger partial charge in [0.05, 0.1) is 22.3 Å². The van der Waals surface area contributed by atoms with Crippen LogP contribution in [0.4, 0.5) is 11.4 Å². The van der Waals surface area contributed by atoms with E-state index in [1.54, 1.807) is 6.07 Å². The molecule has 4 aliphatic rings. The molecule has 4 heterocycles. The quantitative estimate of drug-likeness (QED) is 0.490. The van der Waals surface area contributed by atoms with Gasteiger partial charge < -0.3 is 15.5 Å². The van der Waals surface area contributed by atoms with Crippen LogP contribution in [0.3, 0.4) is 0 Å². The monoisotopic (exact) mass is 527 g/mol. The van der Waals surface area contributed by atoms with Crippen molar-refractivity contribution in [3.63, 3.8) is 0 Å². The molecular formula is C22H17Cl4N3O4. The Bertz CT molecular complexity index is 1220. The van der Waals surface area contributed by atoms with E-state index in [1.165, 1.54) is 29.2 Å². The van der Waals surface area contributed by atoms with Gasteiger partial charge in [-0.3, -0.25) is 19.4 Å². The summed E-state index contributed by atoms with van der Waals surface area (Å²) < 4.78 is 0.